The van der Waals surface area contributed by atoms with E-state index >= 15 is 0 Å². The average molecular weight is 381 g/mol. The smallest absolute Gasteiger partial charge is 0.338 e. The van der Waals surface area contributed by atoms with Gasteiger partial charge in [-0.2, -0.15) is 10.1 Å². The number of halogens is 1. The molecule has 0 amide bonds. The predicted octanol–water partition coefficient (Wildman–Crippen LogP) is 3.92. The van der Waals surface area contributed by atoms with E-state index in [1.165, 1.54) is 6.33 Å². The third kappa shape index (κ3) is 3.08. The monoisotopic (exact) mass is 380 g/mol. The first kappa shape index (κ1) is 17.3. The first-order valence-corrected chi connectivity index (χ1v) is 8.96. The maximum absolute atomic E-state index is 13.0. The van der Waals surface area contributed by atoms with Gasteiger partial charge < -0.3 is 10.1 Å². The van der Waals surface area contributed by atoms with Crippen molar-refractivity contribution in [2.24, 2.45) is 0 Å². The number of aromatic nitrogens is 3. The Morgan fingerprint density at radius 1 is 1.19 bits per heavy atom. The minimum absolute atomic E-state index is 0.268. The molecule has 6 nitrogen and oxygen atoms in total. The maximum atomic E-state index is 13.0. The molecule has 1 aliphatic heterocycles. The molecule has 4 rings (SSSR count). The Labute approximate surface area is 161 Å². The molecule has 0 radical (unpaired) electrons. The van der Waals surface area contributed by atoms with Crippen LogP contribution in [0.4, 0.5) is 5.95 Å². The molecule has 1 aliphatic rings. The van der Waals surface area contributed by atoms with Gasteiger partial charge in [0.15, 0.2) is 0 Å². The summed E-state index contributed by atoms with van der Waals surface area (Å²) in [7, 11) is 0. The number of anilines is 1. The molecule has 0 saturated carbocycles. The van der Waals surface area contributed by atoms with E-state index in [4.69, 9.17) is 16.3 Å². The zero-order valence-electron chi connectivity index (χ0n) is 14.6. The number of hydrogen-bond acceptors (Lipinski definition) is 5. The molecule has 27 heavy (non-hydrogen) atoms. The first-order valence-electron chi connectivity index (χ1n) is 8.58. The van der Waals surface area contributed by atoms with E-state index in [0.29, 0.717) is 22.2 Å². The van der Waals surface area contributed by atoms with E-state index < -0.39 is 12.0 Å². The number of ether oxygens (including phenoxy) is 1. The highest BCUT2D eigenvalue weighted by Gasteiger charge is 2.37. The van der Waals surface area contributed by atoms with Crippen LogP contribution in [-0.4, -0.2) is 27.3 Å². The molecular formula is C20H17ClN4O2. The van der Waals surface area contributed by atoms with Gasteiger partial charge in [-0.25, -0.2) is 9.48 Å². The standard InChI is InChI=1S/C20H17ClN4O2/c1-2-27-19(26)16-17(13-8-4-3-5-9-13)24-20-22-12-23-25(20)18(16)14-10-6-7-11-15(14)21/h3-12,18H,2H2,1H3,(H,22,23,24). The largest absolute Gasteiger partial charge is 0.463 e. The Balaban J connectivity index is 1.99. The van der Waals surface area contributed by atoms with Crippen LogP contribution in [0.5, 0.6) is 0 Å². The molecule has 0 fully saturated rings. The van der Waals surface area contributed by atoms with Gasteiger partial charge in [-0.1, -0.05) is 60.1 Å². The molecule has 1 unspecified atom stereocenters. The highest BCUT2D eigenvalue weighted by atomic mass is 35.5. The second-order valence-electron chi connectivity index (χ2n) is 5.95. The summed E-state index contributed by atoms with van der Waals surface area (Å²) in [5.74, 6) is 0.113. The third-order valence-corrected chi connectivity index (χ3v) is 4.70. The molecule has 2 aromatic carbocycles. The molecule has 0 saturated heterocycles. The highest BCUT2D eigenvalue weighted by molar-refractivity contribution is 6.31. The summed E-state index contributed by atoms with van der Waals surface area (Å²) >= 11 is 6.48. The summed E-state index contributed by atoms with van der Waals surface area (Å²) < 4.78 is 7.03. The molecule has 3 aromatic rings. The second-order valence-corrected chi connectivity index (χ2v) is 6.36. The van der Waals surface area contributed by atoms with Crippen LogP contribution in [0.15, 0.2) is 66.5 Å². The molecule has 1 atom stereocenters. The number of nitrogens with one attached hydrogen (secondary N) is 1. The first-order chi connectivity index (χ1) is 13.2. The Hall–Kier alpha value is -3.12. The maximum Gasteiger partial charge on any atom is 0.338 e. The molecule has 0 spiro atoms. The molecule has 0 aliphatic carbocycles. The normalized spacial score (nSPS) is 15.9. The van der Waals surface area contributed by atoms with Crippen LogP contribution in [0.2, 0.25) is 5.02 Å². The van der Waals surface area contributed by atoms with E-state index in [1.807, 2.05) is 48.5 Å². The van der Waals surface area contributed by atoms with Crippen LogP contribution >= 0.6 is 11.6 Å². The summed E-state index contributed by atoms with van der Waals surface area (Å²) in [6.07, 6.45) is 1.45. The summed E-state index contributed by atoms with van der Waals surface area (Å²) in [6.45, 7) is 2.05. The summed E-state index contributed by atoms with van der Waals surface area (Å²) in [5.41, 5.74) is 2.68. The Bertz CT molecular complexity index is 1010. The lowest BCUT2D eigenvalue weighted by atomic mass is 9.93. The van der Waals surface area contributed by atoms with Crippen molar-refractivity contribution in [2.75, 3.05) is 11.9 Å². The fourth-order valence-corrected chi connectivity index (χ4v) is 3.44. The number of carbonyl (C=O) groups is 1. The van der Waals surface area contributed by atoms with Crippen LogP contribution in [0.3, 0.4) is 0 Å². The Kier molecular flexibility index (Phi) is 4.64. The number of hydrogen-bond donors (Lipinski definition) is 1. The predicted molar refractivity (Wildman–Crippen MR) is 103 cm³/mol. The van der Waals surface area contributed by atoms with Crippen molar-refractivity contribution < 1.29 is 9.53 Å². The van der Waals surface area contributed by atoms with Gasteiger partial charge in [0.25, 0.3) is 0 Å². The second kappa shape index (κ2) is 7.25. The van der Waals surface area contributed by atoms with Crippen molar-refractivity contribution >= 4 is 29.2 Å². The van der Waals surface area contributed by atoms with Gasteiger partial charge in [-0.15, -0.1) is 0 Å². The van der Waals surface area contributed by atoms with E-state index in [2.05, 4.69) is 15.4 Å². The fourth-order valence-electron chi connectivity index (χ4n) is 3.21. The molecule has 0 bridgehead atoms. The zero-order valence-corrected chi connectivity index (χ0v) is 15.3. The highest BCUT2D eigenvalue weighted by Crippen LogP contribution is 2.40. The van der Waals surface area contributed by atoms with Crippen molar-refractivity contribution in [3.63, 3.8) is 0 Å². The van der Waals surface area contributed by atoms with Gasteiger partial charge in [-0.3, -0.25) is 0 Å². The van der Waals surface area contributed by atoms with Crippen molar-refractivity contribution in [1.29, 1.82) is 0 Å². The van der Waals surface area contributed by atoms with E-state index in [9.17, 15) is 4.79 Å². The topological polar surface area (TPSA) is 69.0 Å². The van der Waals surface area contributed by atoms with Crippen molar-refractivity contribution in [3.05, 3.63) is 82.6 Å². The lowest BCUT2D eigenvalue weighted by Gasteiger charge is -2.30. The van der Waals surface area contributed by atoms with Crippen molar-refractivity contribution in [2.45, 2.75) is 13.0 Å². The van der Waals surface area contributed by atoms with Gasteiger partial charge >= 0.3 is 5.97 Å². The zero-order chi connectivity index (χ0) is 18.8. The molecule has 2 heterocycles. The number of rotatable bonds is 4. The van der Waals surface area contributed by atoms with E-state index in [1.54, 1.807) is 17.7 Å². The van der Waals surface area contributed by atoms with Crippen LogP contribution in [0.1, 0.15) is 24.1 Å². The lowest BCUT2D eigenvalue weighted by Crippen LogP contribution is -2.30. The van der Waals surface area contributed by atoms with Gasteiger partial charge in [0.05, 0.1) is 17.9 Å². The van der Waals surface area contributed by atoms with E-state index in [-0.39, 0.29) is 6.61 Å². The number of benzene rings is 2. The Morgan fingerprint density at radius 2 is 1.93 bits per heavy atom. The number of fused-ring (bicyclic) bond motifs is 1. The van der Waals surface area contributed by atoms with Crippen molar-refractivity contribution in [1.82, 2.24) is 14.8 Å². The number of nitrogens with zero attached hydrogens (tertiary/aromatic N) is 3. The van der Waals surface area contributed by atoms with Crippen molar-refractivity contribution in [3.8, 4) is 0 Å². The van der Waals surface area contributed by atoms with Crippen LogP contribution in [-0.2, 0) is 9.53 Å². The van der Waals surface area contributed by atoms with Crippen LogP contribution in [0.25, 0.3) is 5.70 Å². The minimum Gasteiger partial charge on any atom is -0.463 e. The SMILES string of the molecule is CCOC(=O)C1=C(c2ccccc2)Nc2ncnn2C1c1ccccc1Cl. The van der Waals surface area contributed by atoms with Gasteiger partial charge in [0, 0.05) is 10.6 Å². The van der Waals surface area contributed by atoms with E-state index in [0.717, 1.165) is 11.1 Å². The van der Waals surface area contributed by atoms with Gasteiger partial charge in [0.1, 0.15) is 12.4 Å². The average Bonchev–Trinajstić information content (AvgIpc) is 3.16. The van der Waals surface area contributed by atoms with Gasteiger partial charge in [0.2, 0.25) is 5.95 Å². The molecule has 1 N–H and O–H groups in total. The summed E-state index contributed by atoms with van der Waals surface area (Å²) in [5, 5.41) is 8.09. The molecular weight excluding hydrogens is 364 g/mol. The Morgan fingerprint density at radius 3 is 2.67 bits per heavy atom. The van der Waals surface area contributed by atoms with Crippen LogP contribution < -0.4 is 5.32 Å². The van der Waals surface area contributed by atoms with Gasteiger partial charge in [-0.05, 0) is 18.6 Å². The molecule has 7 heteroatoms. The number of esters is 1. The molecule has 1 aromatic heterocycles. The quantitative estimate of drug-likeness (QED) is 0.695. The lowest BCUT2D eigenvalue weighted by molar-refractivity contribution is -0.138. The van der Waals surface area contributed by atoms with Crippen LogP contribution in [0, 0.1) is 0 Å². The minimum atomic E-state index is -0.549. The number of carbonyl (C=O) groups excluding carboxylic acids is 1. The summed E-state index contributed by atoms with van der Waals surface area (Å²) in [6, 6.07) is 16.5. The fraction of sp³-hybridized carbons (Fsp3) is 0.150. The summed E-state index contributed by atoms with van der Waals surface area (Å²) in [4.78, 5) is 17.3. The molecule has 136 valence electrons. The third-order valence-electron chi connectivity index (χ3n) is 4.35.